The third-order valence-corrected chi connectivity index (χ3v) is 8.78. The molecule has 1 saturated heterocycles. The lowest BCUT2D eigenvalue weighted by Crippen LogP contribution is -2.59. The molecule has 0 aromatic heterocycles. The molecule has 5 rings (SSSR count). The molecule has 0 radical (unpaired) electrons. The Morgan fingerprint density at radius 1 is 1.04 bits per heavy atom. The van der Waals surface area contributed by atoms with E-state index in [1.165, 1.54) is 5.57 Å². The van der Waals surface area contributed by atoms with E-state index < -0.39 is 5.79 Å². The molecule has 4 nitrogen and oxygen atoms in total. The maximum atomic E-state index is 12.2. The first-order valence-corrected chi connectivity index (χ1v) is 10.4. The Bertz CT molecular complexity index is 682. The minimum atomic E-state index is -0.614. The van der Waals surface area contributed by atoms with Gasteiger partial charge in [0.2, 0.25) is 0 Å². The fourth-order valence-corrected chi connectivity index (χ4v) is 7.42. The van der Waals surface area contributed by atoms with Gasteiger partial charge in [-0.15, -0.1) is 0 Å². The van der Waals surface area contributed by atoms with Crippen molar-refractivity contribution in [3.05, 3.63) is 11.6 Å². The van der Waals surface area contributed by atoms with E-state index in [1.807, 2.05) is 19.9 Å². The minimum absolute atomic E-state index is 0.00384. The van der Waals surface area contributed by atoms with Crippen molar-refractivity contribution in [2.75, 3.05) is 0 Å². The van der Waals surface area contributed by atoms with Crippen molar-refractivity contribution < 1.29 is 19.4 Å². The fourth-order valence-electron chi connectivity index (χ4n) is 7.42. The van der Waals surface area contributed by atoms with Gasteiger partial charge in [0.05, 0.1) is 12.2 Å². The van der Waals surface area contributed by atoms with Gasteiger partial charge in [-0.25, -0.2) is 0 Å². The second kappa shape index (κ2) is 5.21. The van der Waals surface area contributed by atoms with E-state index in [-0.39, 0.29) is 34.9 Å². The van der Waals surface area contributed by atoms with Crippen molar-refractivity contribution in [2.45, 2.75) is 90.3 Å². The van der Waals surface area contributed by atoms with Gasteiger partial charge in [-0.3, -0.25) is 4.79 Å². The number of carbonyl (C=O) groups excluding carboxylic acids is 1. The molecule has 5 aliphatic rings. The van der Waals surface area contributed by atoms with Crippen LogP contribution in [-0.2, 0) is 14.3 Å². The van der Waals surface area contributed by atoms with E-state index in [0.717, 1.165) is 32.1 Å². The summed E-state index contributed by atoms with van der Waals surface area (Å²) < 4.78 is 12.9. The topological polar surface area (TPSA) is 55.8 Å². The Morgan fingerprint density at radius 3 is 2.58 bits per heavy atom. The first-order valence-electron chi connectivity index (χ1n) is 10.4. The number of ether oxygens (including phenoxy) is 2. The molecule has 8 atom stereocenters. The van der Waals surface area contributed by atoms with Crippen LogP contribution in [0.4, 0.5) is 0 Å². The van der Waals surface area contributed by atoms with E-state index in [4.69, 9.17) is 9.47 Å². The van der Waals surface area contributed by atoms with Crippen molar-refractivity contribution in [3.8, 4) is 0 Å². The van der Waals surface area contributed by atoms with Gasteiger partial charge < -0.3 is 14.6 Å². The van der Waals surface area contributed by atoms with Crippen LogP contribution in [-0.4, -0.2) is 35.0 Å². The molecule has 3 saturated carbocycles. The zero-order valence-corrected chi connectivity index (χ0v) is 16.5. The molecule has 0 amide bonds. The van der Waals surface area contributed by atoms with Crippen molar-refractivity contribution in [1.29, 1.82) is 0 Å². The molecule has 26 heavy (non-hydrogen) atoms. The van der Waals surface area contributed by atoms with Crippen molar-refractivity contribution >= 4 is 5.78 Å². The number of carbonyl (C=O) groups is 1. The Labute approximate surface area is 156 Å². The molecule has 0 spiro atoms. The lowest BCUT2D eigenvalue weighted by atomic mass is 9.46. The van der Waals surface area contributed by atoms with Crippen LogP contribution in [0.1, 0.15) is 66.2 Å². The monoisotopic (exact) mass is 360 g/mol. The van der Waals surface area contributed by atoms with Gasteiger partial charge >= 0.3 is 0 Å². The molecule has 4 heteroatoms. The van der Waals surface area contributed by atoms with Gasteiger partial charge in [0.1, 0.15) is 6.10 Å². The molecule has 4 aliphatic carbocycles. The lowest BCUT2D eigenvalue weighted by molar-refractivity contribution is -0.164. The summed E-state index contributed by atoms with van der Waals surface area (Å²) in [5.74, 6) is 1.03. The van der Waals surface area contributed by atoms with E-state index in [9.17, 15) is 9.90 Å². The second-order valence-electron chi connectivity index (χ2n) is 10.4. The van der Waals surface area contributed by atoms with E-state index in [2.05, 4.69) is 13.8 Å². The third-order valence-electron chi connectivity index (χ3n) is 8.78. The van der Waals surface area contributed by atoms with Gasteiger partial charge in [0.25, 0.3) is 0 Å². The van der Waals surface area contributed by atoms with Crippen LogP contribution in [0.5, 0.6) is 0 Å². The molecular weight excluding hydrogens is 328 g/mol. The van der Waals surface area contributed by atoms with Crippen LogP contribution in [0.2, 0.25) is 0 Å². The summed E-state index contributed by atoms with van der Waals surface area (Å²) in [6.45, 7) is 8.64. The molecule has 1 heterocycles. The molecule has 144 valence electrons. The fraction of sp³-hybridized carbons (Fsp3) is 0.864. The van der Waals surface area contributed by atoms with E-state index in [1.54, 1.807) is 0 Å². The summed E-state index contributed by atoms with van der Waals surface area (Å²) in [7, 11) is 0. The summed E-state index contributed by atoms with van der Waals surface area (Å²) in [6.07, 6.45) is 7.36. The number of hydrogen-bond donors (Lipinski definition) is 1. The van der Waals surface area contributed by atoms with Gasteiger partial charge in [-0.2, -0.15) is 0 Å². The van der Waals surface area contributed by atoms with Gasteiger partial charge in [0.15, 0.2) is 11.6 Å². The van der Waals surface area contributed by atoms with E-state index >= 15 is 0 Å². The van der Waals surface area contributed by atoms with Gasteiger partial charge in [0, 0.05) is 6.42 Å². The highest BCUT2D eigenvalue weighted by molar-refractivity contribution is 5.92. The average Bonchev–Trinajstić information content (AvgIpc) is 3.05. The average molecular weight is 360 g/mol. The Morgan fingerprint density at radius 2 is 1.81 bits per heavy atom. The third kappa shape index (κ3) is 2.10. The second-order valence-corrected chi connectivity index (χ2v) is 10.4. The van der Waals surface area contributed by atoms with Crippen LogP contribution in [0.3, 0.4) is 0 Å². The highest BCUT2D eigenvalue weighted by atomic mass is 16.8. The normalized spacial score (nSPS) is 54.8. The maximum Gasteiger partial charge on any atom is 0.164 e. The molecule has 0 unspecified atom stereocenters. The van der Waals surface area contributed by atoms with Crippen LogP contribution in [0.25, 0.3) is 0 Å². The van der Waals surface area contributed by atoms with Crippen molar-refractivity contribution in [3.63, 3.8) is 0 Å². The minimum Gasteiger partial charge on any atom is -0.393 e. The number of ketones is 1. The predicted molar refractivity (Wildman–Crippen MR) is 97.3 cm³/mol. The SMILES string of the molecule is CC1(C)O[C@@H]2[C@H]3[C@@H]4CC[C@H](O)[C@@]4(C)CC[C@@H]3[C@@]3(C)CCC(=O)C=C3[C@H]2O1. The lowest BCUT2D eigenvalue weighted by Gasteiger charge is -2.60. The Hall–Kier alpha value is -0.710. The first kappa shape index (κ1) is 17.4. The summed E-state index contributed by atoms with van der Waals surface area (Å²) in [4.78, 5) is 12.2. The number of hydrogen-bond acceptors (Lipinski definition) is 4. The molecular formula is C22H32O4. The number of aliphatic hydroxyl groups is 1. The summed E-state index contributed by atoms with van der Waals surface area (Å²) in [6, 6.07) is 0. The molecule has 1 aliphatic heterocycles. The maximum absolute atomic E-state index is 12.2. The van der Waals surface area contributed by atoms with Crippen molar-refractivity contribution in [1.82, 2.24) is 0 Å². The largest absolute Gasteiger partial charge is 0.393 e. The number of aliphatic hydroxyl groups excluding tert-OH is 1. The standard InChI is InChI=1S/C22H32O4/c1-20(2)25-18-15-11-12(23)7-9-21(15,3)14-8-10-22(4)13(5-6-16(22)24)17(14)19(18)26-20/h11,13-14,16-19,24H,5-10H2,1-4H3/t13-,14-,16-,17-,18+,19+,21+,22-/m0/s1. The van der Waals surface area contributed by atoms with Gasteiger partial charge in [-0.05, 0) is 86.2 Å². The Kier molecular flexibility index (Phi) is 3.48. The zero-order valence-electron chi connectivity index (χ0n) is 16.5. The van der Waals surface area contributed by atoms with E-state index in [0.29, 0.717) is 24.2 Å². The first-order chi connectivity index (χ1) is 12.2. The van der Waals surface area contributed by atoms with Crippen LogP contribution < -0.4 is 0 Å². The van der Waals surface area contributed by atoms with Crippen LogP contribution in [0, 0.1) is 28.6 Å². The molecule has 0 aromatic rings. The highest BCUT2D eigenvalue weighted by Crippen LogP contribution is 2.67. The molecule has 1 N–H and O–H groups in total. The van der Waals surface area contributed by atoms with Gasteiger partial charge in [-0.1, -0.05) is 13.8 Å². The van der Waals surface area contributed by atoms with Crippen LogP contribution >= 0.6 is 0 Å². The Balaban J connectivity index is 1.64. The molecule has 0 aromatic carbocycles. The zero-order chi connectivity index (χ0) is 18.5. The number of rotatable bonds is 0. The number of fused-ring (bicyclic) bond motifs is 8. The predicted octanol–water partition coefficient (Wildman–Crippen LogP) is 3.62. The highest BCUT2D eigenvalue weighted by Gasteiger charge is 2.66. The molecule has 4 fully saturated rings. The quantitative estimate of drug-likeness (QED) is 0.717. The van der Waals surface area contributed by atoms with Crippen molar-refractivity contribution in [2.24, 2.45) is 28.6 Å². The summed E-state index contributed by atoms with van der Waals surface area (Å²) in [5.41, 5.74) is 1.22. The smallest absolute Gasteiger partial charge is 0.164 e. The molecule has 0 bridgehead atoms. The summed E-state index contributed by atoms with van der Waals surface area (Å²) >= 11 is 0. The summed E-state index contributed by atoms with van der Waals surface area (Å²) in [5, 5.41) is 10.7. The van der Waals surface area contributed by atoms with Crippen LogP contribution in [0.15, 0.2) is 11.6 Å².